The summed E-state index contributed by atoms with van der Waals surface area (Å²) in [5.74, 6) is 5.70. The summed E-state index contributed by atoms with van der Waals surface area (Å²) in [6.07, 6.45) is 20.3. The van der Waals surface area contributed by atoms with Crippen molar-refractivity contribution >= 4 is 135 Å². The standard InChI is InChI=1S/C28H29N3O4S2Si.C23H20IN3O4S2.C19H21N3O2S.C19H17N3O2S/c1-38(2,3)20-16-23-21-27-26(22-11-13-25(14-12-22)36(32,33)30-18-7-8-19-30)15-17-29-28(27)31(23)37(34,35)24-9-5-4-6-10-24;24-22-16-21-20(17-8-10-19(11-9-17)32(28,29)26-14-4-5-15-26)12-13-25-23(21)27(22)33(30,31)18-6-2-1-3-7-18;2*1-2-15-13-18-17(9-10-20-19(18)21-15)14-5-7-16(8-6-14)25(23,24)22-11-3-4-12-22/h4-6,9-15,17,21H,7-8,18-19H2,1-3H3;1-3,6-13,16H,4-5,14-15H2;5-10,13H,2-4,11-12H2,1H3,(H,20,21);1,5-10,13H,3-4,11-12H2,(H,20,21). The van der Waals surface area contributed by atoms with E-state index >= 15 is 0 Å². The second-order valence-corrected chi connectivity index (χ2v) is 47.8. The summed E-state index contributed by atoms with van der Waals surface area (Å²) in [4.78, 5) is 25.4. The fourth-order valence-corrected chi connectivity index (χ4v) is 25.9. The molecule has 0 spiro atoms. The number of hydrogen-bond acceptors (Lipinski definition) is 16. The van der Waals surface area contributed by atoms with Crippen LogP contribution in [0.2, 0.25) is 19.6 Å². The van der Waals surface area contributed by atoms with Gasteiger partial charge >= 0.3 is 0 Å². The predicted octanol–water partition coefficient (Wildman–Crippen LogP) is 15.9. The van der Waals surface area contributed by atoms with E-state index in [0.29, 0.717) is 93.7 Å². The number of terminal acetylenes is 1. The number of hydrogen-bond donors (Lipinski definition) is 2. The summed E-state index contributed by atoms with van der Waals surface area (Å²) in [7, 11) is -23.4. The van der Waals surface area contributed by atoms with E-state index in [0.717, 1.165) is 130 Å². The van der Waals surface area contributed by atoms with Crippen molar-refractivity contribution in [1.82, 2.24) is 55.1 Å². The second-order valence-electron chi connectivity index (χ2n) is 30.6. The molecule has 8 aromatic heterocycles. The van der Waals surface area contributed by atoms with Gasteiger partial charge in [-0.3, -0.25) is 0 Å². The first-order valence-corrected chi connectivity index (χ1v) is 52.8. The molecule has 18 rings (SSSR count). The Bertz CT molecular complexity index is 7070. The number of benzene rings is 6. The number of pyridine rings is 4. The second kappa shape index (κ2) is 35.3. The van der Waals surface area contributed by atoms with Crippen LogP contribution in [0.3, 0.4) is 0 Å². The van der Waals surface area contributed by atoms with Crippen LogP contribution in [0.15, 0.2) is 260 Å². The van der Waals surface area contributed by atoms with E-state index in [-0.39, 0.29) is 25.2 Å². The van der Waals surface area contributed by atoms with Crippen molar-refractivity contribution in [2.75, 3.05) is 52.4 Å². The molecule has 4 aliphatic rings. The molecule has 0 unspecified atom stereocenters. The minimum Gasteiger partial charge on any atom is -0.343 e. The quantitative estimate of drug-likeness (QED) is 0.0486. The van der Waals surface area contributed by atoms with Gasteiger partial charge in [-0.25, -0.2) is 78.4 Å². The summed E-state index contributed by atoms with van der Waals surface area (Å²) < 4.78 is 165. The molecule has 0 atom stereocenters. The molecular formula is C89H87IN12O12S6Si. The van der Waals surface area contributed by atoms with E-state index in [1.54, 1.807) is 179 Å². The molecule has 0 saturated carbocycles. The van der Waals surface area contributed by atoms with Crippen LogP contribution in [0.25, 0.3) is 88.6 Å². The van der Waals surface area contributed by atoms with Crippen molar-refractivity contribution in [3.63, 3.8) is 0 Å². The van der Waals surface area contributed by atoms with E-state index in [1.165, 1.54) is 16.6 Å². The molecule has 2 N–H and O–H groups in total. The van der Waals surface area contributed by atoms with Gasteiger partial charge < -0.3 is 9.97 Å². The van der Waals surface area contributed by atoms with Crippen molar-refractivity contribution in [1.29, 1.82) is 0 Å². The molecule has 4 saturated heterocycles. The lowest BCUT2D eigenvalue weighted by Gasteiger charge is -2.15. The lowest BCUT2D eigenvalue weighted by molar-refractivity contribution is 0.476. The first-order chi connectivity index (χ1) is 58.0. The highest BCUT2D eigenvalue weighted by Crippen LogP contribution is 2.39. The number of H-pyrrole nitrogens is 2. The van der Waals surface area contributed by atoms with Crippen LogP contribution in [0.4, 0.5) is 0 Å². The third-order valence-corrected chi connectivity index (χ3v) is 34.6. The Labute approximate surface area is 720 Å². The molecule has 0 bridgehead atoms. The first-order valence-electron chi connectivity index (χ1n) is 39.6. The Hall–Kier alpha value is -10.3. The van der Waals surface area contributed by atoms with Crippen molar-refractivity contribution in [2.45, 2.75) is 114 Å². The van der Waals surface area contributed by atoms with Gasteiger partial charge in [0.2, 0.25) is 40.1 Å². The van der Waals surface area contributed by atoms with Crippen LogP contribution in [0.5, 0.6) is 0 Å². The smallest absolute Gasteiger partial charge is 0.270 e. The van der Waals surface area contributed by atoms with Crippen molar-refractivity contribution in [2.24, 2.45) is 0 Å². The maximum atomic E-state index is 13.8. The Morgan fingerprint density at radius 3 is 1.04 bits per heavy atom. The zero-order valence-corrected chi connectivity index (χ0v) is 74.8. The van der Waals surface area contributed by atoms with E-state index in [4.69, 9.17) is 6.42 Å². The van der Waals surface area contributed by atoms with Crippen LogP contribution >= 0.6 is 22.6 Å². The first kappa shape index (κ1) is 85.7. The molecule has 0 amide bonds. The van der Waals surface area contributed by atoms with Crippen LogP contribution in [0.1, 0.15) is 75.4 Å². The van der Waals surface area contributed by atoms with Crippen LogP contribution in [-0.4, -0.2) is 166 Å². The lowest BCUT2D eigenvalue weighted by Crippen LogP contribution is -2.27. The SMILES string of the molecule is C#Cc1cc2c(-c3ccc(S(=O)(=O)N4CCCC4)cc3)ccnc2[nH]1.CCc1cc2c(-c3ccc(S(=O)(=O)N4CCCC4)cc3)ccnc2[nH]1.C[Si](C)(C)C#Cc1cc2c(-c3ccc(S(=O)(=O)N4CCCC4)cc3)ccnc2n1S(=O)(=O)c1ccccc1.O=S(=O)(c1ccc(-c2ccnc3c2cc(I)n3S(=O)(=O)c2ccccc2)cc1)N1CCCC1. The Morgan fingerprint density at radius 2 is 0.686 bits per heavy atom. The van der Waals surface area contributed by atoms with Gasteiger partial charge in [0.05, 0.1) is 38.8 Å². The van der Waals surface area contributed by atoms with E-state index in [1.807, 2.05) is 77.2 Å². The topological polar surface area (TPSA) is 311 Å². The van der Waals surface area contributed by atoms with E-state index in [9.17, 15) is 50.5 Å². The van der Waals surface area contributed by atoms with Gasteiger partial charge in [-0.05, 0) is 246 Å². The monoisotopic (exact) mass is 1860 g/mol. The lowest BCUT2D eigenvalue weighted by atomic mass is 10.0. The molecule has 32 heteroatoms. The highest BCUT2D eigenvalue weighted by atomic mass is 127. The fraction of sp³-hybridized carbons (Fsp3) is 0.236. The number of rotatable bonds is 17. The molecule has 0 aliphatic carbocycles. The van der Waals surface area contributed by atoms with Crippen molar-refractivity contribution in [3.05, 3.63) is 252 Å². The van der Waals surface area contributed by atoms with Gasteiger partial charge in [-0.1, -0.05) is 123 Å². The zero-order chi connectivity index (χ0) is 85.2. The summed E-state index contributed by atoms with van der Waals surface area (Å²) in [5.41, 5.74) is 14.7. The third-order valence-electron chi connectivity index (χ3n) is 21.5. The summed E-state index contributed by atoms with van der Waals surface area (Å²) >= 11 is 2.00. The molecule has 622 valence electrons. The average Bonchev–Trinajstić information content (AvgIpc) is 1.59. The van der Waals surface area contributed by atoms with Crippen LogP contribution < -0.4 is 0 Å². The molecule has 0 radical (unpaired) electrons. The maximum Gasteiger partial charge on any atom is 0.270 e. The number of aromatic nitrogens is 8. The summed E-state index contributed by atoms with van der Waals surface area (Å²) in [6.45, 7) is 13.0. The summed E-state index contributed by atoms with van der Waals surface area (Å²) in [5, 5.41) is 3.29. The normalized spacial score (nSPS) is 15.3. The number of nitrogens with zero attached hydrogens (tertiary/aromatic N) is 10. The molecule has 6 aromatic carbocycles. The summed E-state index contributed by atoms with van der Waals surface area (Å²) in [6, 6.07) is 59.2. The highest BCUT2D eigenvalue weighted by Gasteiger charge is 2.33. The van der Waals surface area contributed by atoms with Gasteiger partial charge in [-0.15, -0.1) is 12.0 Å². The molecule has 24 nitrogen and oxygen atoms in total. The number of halogens is 1. The fourth-order valence-electron chi connectivity index (χ4n) is 15.2. The molecule has 4 aliphatic heterocycles. The highest BCUT2D eigenvalue weighted by molar-refractivity contribution is 14.1. The van der Waals surface area contributed by atoms with Crippen molar-refractivity contribution < 1.29 is 50.5 Å². The third kappa shape index (κ3) is 17.8. The van der Waals surface area contributed by atoms with E-state index < -0.39 is 68.2 Å². The number of fused-ring (bicyclic) bond motifs is 4. The Balaban J connectivity index is 0.000000127. The van der Waals surface area contributed by atoms with Crippen LogP contribution in [-0.2, 0) is 66.6 Å². The predicted molar refractivity (Wildman–Crippen MR) is 484 cm³/mol. The van der Waals surface area contributed by atoms with Gasteiger partial charge in [0.1, 0.15) is 25.1 Å². The average molecular weight is 1860 g/mol. The molecular weight excluding hydrogens is 1780 g/mol. The minimum absolute atomic E-state index is 0.150. The van der Waals surface area contributed by atoms with Gasteiger partial charge in [0.25, 0.3) is 20.0 Å². The Kier molecular flexibility index (Phi) is 25.0. The molecule has 4 fully saturated rings. The minimum atomic E-state index is -3.97. The number of aromatic amines is 2. The number of aryl methyl sites for hydroxylation is 1. The van der Waals surface area contributed by atoms with Gasteiger partial charge in [-0.2, -0.15) is 17.2 Å². The molecule has 12 heterocycles. The number of sulfonamides is 4. The zero-order valence-electron chi connectivity index (χ0n) is 66.7. The van der Waals surface area contributed by atoms with Gasteiger partial charge in [0.15, 0.2) is 11.3 Å². The van der Waals surface area contributed by atoms with Gasteiger partial charge in [0, 0.05) is 104 Å². The number of nitrogens with one attached hydrogen (secondary N) is 2. The maximum absolute atomic E-state index is 13.8. The van der Waals surface area contributed by atoms with Crippen molar-refractivity contribution in [3.8, 4) is 68.3 Å². The molecule has 121 heavy (non-hydrogen) atoms. The largest absolute Gasteiger partial charge is 0.343 e. The van der Waals surface area contributed by atoms with E-state index in [2.05, 4.69) is 79.9 Å². The molecule has 14 aromatic rings. The Morgan fingerprint density at radius 1 is 0.372 bits per heavy atom. The van der Waals surface area contributed by atoms with Crippen LogP contribution in [0, 0.1) is 27.5 Å².